The Morgan fingerprint density at radius 3 is 1.79 bits per heavy atom. The molecule has 2 aromatic heterocycles. The Morgan fingerprint density at radius 1 is 0.431 bits per heavy atom. The van der Waals surface area contributed by atoms with E-state index in [-0.39, 0.29) is 0 Å². The van der Waals surface area contributed by atoms with Gasteiger partial charge in [0.2, 0.25) is 0 Å². The maximum Gasteiger partial charge on any atom is 0.181 e. The summed E-state index contributed by atoms with van der Waals surface area (Å²) in [5.41, 5.74) is 9.67. The van der Waals surface area contributed by atoms with Crippen molar-refractivity contribution in [3.63, 3.8) is 0 Å². The van der Waals surface area contributed by atoms with E-state index in [0.717, 1.165) is 22.7 Å². The zero-order chi connectivity index (χ0) is 38.2. The largest absolute Gasteiger partial charge is 0.308 e. The van der Waals surface area contributed by atoms with Gasteiger partial charge in [0.1, 0.15) is 0 Å². The molecule has 0 unspecified atom stereocenters. The van der Waals surface area contributed by atoms with E-state index in [9.17, 15) is 0 Å². The van der Waals surface area contributed by atoms with E-state index in [2.05, 4.69) is 228 Å². The number of rotatable bonds is 6. The van der Waals surface area contributed by atoms with E-state index < -0.39 is 8.07 Å². The number of hydrogen-bond donors (Lipinski definition) is 0. The fourth-order valence-corrected chi connectivity index (χ4v) is 16.5. The van der Waals surface area contributed by atoms with E-state index >= 15 is 0 Å². The molecule has 0 N–H and O–H groups in total. The first-order valence-corrected chi connectivity index (χ1v) is 22.8. The number of hydrogen-bond acceptors (Lipinski definition) is 2. The van der Waals surface area contributed by atoms with E-state index in [1.165, 1.54) is 73.9 Å². The van der Waals surface area contributed by atoms with Crippen molar-refractivity contribution in [1.29, 1.82) is 0 Å². The molecule has 11 aromatic rings. The van der Waals surface area contributed by atoms with Crippen molar-refractivity contribution in [2.75, 3.05) is 4.90 Å². The molecule has 0 aliphatic carbocycles. The van der Waals surface area contributed by atoms with Gasteiger partial charge >= 0.3 is 0 Å². The highest BCUT2D eigenvalue weighted by Crippen LogP contribution is 2.46. The normalized spacial score (nSPS) is 13.0. The molecule has 12 rings (SSSR count). The highest BCUT2D eigenvalue weighted by molar-refractivity contribution is 7.28. The third-order valence-electron chi connectivity index (χ3n) is 12.2. The molecule has 0 saturated heterocycles. The van der Waals surface area contributed by atoms with Crippen LogP contribution in [0.2, 0.25) is 0 Å². The second-order valence-corrected chi connectivity index (χ2v) is 20.0. The summed E-state index contributed by atoms with van der Waals surface area (Å²) in [5.74, 6) is 0. The Balaban J connectivity index is 1.20. The van der Waals surface area contributed by atoms with E-state index in [0.29, 0.717) is 0 Å². The molecule has 0 saturated carbocycles. The van der Waals surface area contributed by atoms with Crippen LogP contribution in [0.15, 0.2) is 218 Å². The topological polar surface area (TPSA) is 8.17 Å². The summed E-state index contributed by atoms with van der Waals surface area (Å²) in [6.45, 7) is 0. The minimum Gasteiger partial charge on any atom is -0.308 e. The van der Waals surface area contributed by atoms with Crippen LogP contribution >= 0.6 is 11.3 Å². The third-order valence-corrected chi connectivity index (χ3v) is 18.3. The number of para-hydroxylation sites is 4. The lowest BCUT2D eigenvalue weighted by atomic mass is 10.0. The fraction of sp³-hybridized carbons (Fsp3) is 0. The summed E-state index contributed by atoms with van der Waals surface area (Å²) in [6, 6.07) is 81.3. The van der Waals surface area contributed by atoms with Crippen LogP contribution in [0.4, 0.5) is 17.1 Å². The summed E-state index contributed by atoms with van der Waals surface area (Å²) >= 11 is 1.94. The van der Waals surface area contributed by atoms with Crippen LogP contribution in [-0.4, -0.2) is 12.6 Å². The van der Waals surface area contributed by atoms with Gasteiger partial charge in [0, 0.05) is 48.0 Å². The van der Waals surface area contributed by atoms with Gasteiger partial charge in [0.05, 0.1) is 16.7 Å². The minimum atomic E-state index is -2.84. The molecule has 4 heteroatoms. The average Bonchev–Trinajstić information content (AvgIpc) is 3.94. The Morgan fingerprint density at radius 2 is 1.05 bits per heavy atom. The van der Waals surface area contributed by atoms with Crippen molar-refractivity contribution in [3.8, 4) is 16.8 Å². The summed E-state index contributed by atoms with van der Waals surface area (Å²) in [6.07, 6.45) is 0. The molecule has 3 heterocycles. The molecule has 2 nitrogen and oxygen atoms in total. The lowest BCUT2D eigenvalue weighted by molar-refractivity contribution is 1.17. The molecule has 0 atom stereocenters. The van der Waals surface area contributed by atoms with Crippen LogP contribution < -0.4 is 25.6 Å². The first kappa shape index (κ1) is 33.2. The van der Waals surface area contributed by atoms with Gasteiger partial charge in [-0.2, -0.15) is 0 Å². The highest BCUT2D eigenvalue weighted by atomic mass is 32.1. The van der Waals surface area contributed by atoms with Gasteiger partial charge in [-0.05, 0) is 86.5 Å². The first-order valence-electron chi connectivity index (χ1n) is 19.9. The molecular formula is C54H36N2SSi. The van der Waals surface area contributed by atoms with Crippen molar-refractivity contribution in [2.45, 2.75) is 0 Å². The lowest BCUT2D eigenvalue weighted by Crippen LogP contribution is -2.72. The van der Waals surface area contributed by atoms with Crippen molar-refractivity contribution < 1.29 is 0 Å². The predicted molar refractivity (Wildman–Crippen MR) is 251 cm³/mol. The van der Waals surface area contributed by atoms with Crippen LogP contribution in [0, 0.1) is 0 Å². The fourth-order valence-electron chi connectivity index (χ4n) is 9.91. The van der Waals surface area contributed by atoms with E-state index in [1.807, 2.05) is 11.3 Å². The zero-order valence-corrected chi connectivity index (χ0v) is 33.4. The Labute approximate surface area is 342 Å². The number of fused-ring (bicyclic) bond motifs is 10. The Hall–Kier alpha value is -6.98. The van der Waals surface area contributed by atoms with Gasteiger partial charge in [0.25, 0.3) is 0 Å². The number of thiophene rings is 1. The summed E-state index contributed by atoms with van der Waals surface area (Å²) in [4.78, 5) is 2.49. The van der Waals surface area contributed by atoms with Crippen LogP contribution in [-0.2, 0) is 0 Å². The Kier molecular flexibility index (Phi) is 7.46. The molecule has 0 bridgehead atoms. The molecule has 0 fully saturated rings. The predicted octanol–water partition coefficient (Wildman–Crippen LogP) is 12.0. The van der Waals surface area contributed by atoms with Crippen LogP contribution in [0.25, 0.3) is 58.8 Å². The van der Waals surface area contributed by atoms with Crippen molar-refractivity contribution in [1.82, 2.24) is 4.57 Å². The summed E-state index contributed by atoms with van der Waals surface area (Å²) in [5, 5.41) is 10.8. The lowest BCUT2D eigenvalue weighted by Gasteiger charge is -2.33. The molecule has 9 aromatic carbocycles. The maximum atomic E-state index is 2.56. The number of benzene rings is 9. The standard InChI is InChI=1S/C54H36N2SSi/c1-5-18-37(19-6-1)55(48-30-17-28-44-42-26-13-15-29-47(42)56(53(44)48)38-20-7-2-8-21-38)39-32-33-46-51(36-39)58(40-22-9-3-10-23-40,41-24-11-4-12-25-41)50-35-34-45-43-27-14-16-31-49(43)57-54(45)52(46)50/h1-36H. The summed E-state index contributed by atoms with van der Waals surface area (Å²) in [7, 11) is -2.84. The van der Waals surface area contributed by atoms with E-state index in [4.69, 9.17) is 0 Å². The summed E-state index contributed by atoms with van der Waals surface area (Å²) < 4.78 is 5.16. The first-order chi connectivity index (χ1) is 28.8. The second kappa shape index (κ2) is 13.0. The smallest absolute Gasteiger partial charge is 0.181 e. The van der Waals surface area contributed by atoms with Crippen molar-refractivity contribution in [3.05, 3.63) is 218 Å². The molecular weight excluding hydrogens is 737 g/mol. The van der Waals surface area contributed by atoms with Crippen LogP contribution in [0.3, 0.4) is 0 Å². The third kappa shape index (κ3) is 4.70. The van der Waals surface area contributed by atoms with Gasteiger partial charge in [-0.1, -0.05) is 164 Å². The molecule has 1 aliphatic heterocycles. The van der Waals surface area contributed by atoms with Gasteiger partial charge in [-0.15, -0.1) is 11.3 Å². The van der Waals surface area contributed by atoms with Gasteiger partial charge in [-0.25, -0.2) is 0 Å². The highest BCUT2D eigenvalue weighted by Gasteiger charge is 2.49. The van der Waals surface area contributed by atoms with Crippen LogP contribution in [0.1, 0.15) is 0 Å². The maximum absolute atomic E-state index is 2.84. The number of anilines is 3. The number of aromatic nitrogens is 1. The molecule has 58 heavy (non-hydrogen) atoms. The molecule has 0 spiro atoms. The Bertz CT molecular complexity index is 3300. The van der Waals surface area contributed by atoms with Crippen molar-refractivity contribution >= 4 is 99.2 Å². The average molecular weight is 773 g/mol. The van der Waals surface area contributed by atoms with E-state index in [1.54, 1.807) is 0 Å². The number of nitrogens with zero attached hydrogens (tertiary/aromatic N) is 2. The molecule has 272 valence electrons. The van der Waals surface area contributed by atoms with Gasteiger partial charge < -0.3 is 9.47 Å². The zero-order valence-electron chi connectivity index (χ0n) is 31.6. The van der Waals surface area contributed by atoms with Gasteiger partial charge in [0.15, 0.2) is 8.07 Å². The van der Waals surface area contributed by atoms with Crippen LogP contribution in [0.5, 0.6) is 0 Å². The SMILES string of the molecule is c1ccc(N(c2ccc3c(c2)[Si](c2ccccc2)(c2ccccc2)c2ccc4c(sc5ccccc54)c2-3)c2cccc3c4ccccc4n(-c4ccccc4)c23)cc1. The van der Waals surface area contributed by atoms with Crippen molar-refractivity contribution in [2.24, 2.45) is 0 Å². The molecule has 0 radical (unpaired) electrons. The quantitative estimate of drug-likeness (QED) is 0.153. The minimum absolute atomic E-state index is 1.12. The molecule has 1 aliphatic rings. The van der Waals surface area contributed by atoms with Gasteiger partial charge in [-0.3, -0.25) is 0 Å². The molecule has 0 amide bonds. The second-order valence-electron chi connectivity index (χ2n) is 15.2. The monoisotopic (exact) mass is 772 g/mol.